The van der Waals surface area contributed by atoms with Gasteiger partial charge in [-0.05, 0) is 66.9 Å². The van der Waals surface area contributed by atoms with E-state index in [2.05, 4.69) is 5.32 Å². The molecule has 0 heterocycles. The summed E-state index contributed by atoms with van der Waals surface area (Å²) >= 11 is 6.05. The van der Waals surface area contributed by atoms with Gasteiger partial charge in [0, 0.05) is 39.9 Å². The largest absolute Gasteiger partial charge is 0.492 e. The van der Waals surface area contributed by atoms with Gasteiger partial charge in [0.1, 0.15) is 18.4 Å². The normalized spacial score (nSPS) is 13.4. The van der Waals surface area contributed by atoms with Gasteiger partial charge in [0.15, 0.2) is 5.78 Å². The number of carbonyl (C=O) groups is 3. The van der Waals surface area contributed by atoms with Gasteiger partial charge >= 0.3 is 5.97 Å². The lowest BCUT2D eigenvalue weighted by Crippen LogP contribution is -2.41. The van der Waals surface area contributed by atoms with Crippen molar-refractivity contribution in [2.75, 3.05) is 23.4 Å². The Kier molecular flexibility index (Phi) is 9.74. The molecule has 5 rings (SSSR count). The molecule has 8 heteroatoms. The zero-order chi connectivity index (χ0) is 30.2. The summed E-state index contributed by atoms with van der Waals surface area (Å²) in [5.41, 5.74) is 2.99. The summed E-state index contributed by atoms with van der Waals surface area (Å²) in [7, 11) is 0. The minimum atomic E-state index is -1.03. The highest BCUT2D eigenvalue weighted by Crippen LogP contribution is 2.31. The summed E-state index contributed by atoms with van der Waals surface area (Å²) in [4.78, 5) is 40.1. The summed E-state index contributed by atoms with van der Waals surface area (Å²) in [5.74, 6) is -0.436. The number of carbonyl (C=O) groups excluding carboxylic acids is 2. The van der Waals surface area contributed by atoms with Crippen LogP contribution in [0.4, 0.5) is 11.4 Å². The first-order chi connectivity index (χ1) is 20.9. The van der Waals surface area contributed by atoms with Crippen molar-refractivity contribution >= 4 is 40.6 Å². The van der Waals surface area contributed by atoms with Crippen LogP contribution < -0.4 is 15.0 Å². The van der Waals surface area contributed by atoms with Crippen molar-refractivity contribution in [1.29, 1.82) is 0 Å². The monoisotopic (exact) mass is 596 g/mol. The molecule has 0 aliphatic heterocycles. The maximum atomic E-state index is 13.1. The number of carboxylic acid groups (broad SMARTS) is 1. The number of hydrogen-bond donors (Lipinski definition) is 2. The third-order valence-electron chi connectivity index (χ3n) is 7.64. The molecule has 2 N–H and O–H groups in total. The summed E-state index contributed by atoms with van der Waals surface area (Å²) in [6.45, 7) is 0.691. The second-order valence-electron chi connectivity index (χ2n) is 10.6. The van der Waals surface area contributed by atoms with E-state index < -0.39 is 12.0 Å². The van der Waals surface area contributed by atoms with E-state index in [1.54, 1.807) is 77.7 Å². The number of carboxylic acids is 1. The Hall–Kier alpha value is -4.62. The zero-order valence-corrected chi connectivity index (χ0v) is 24.4. The van der Waals surface area contributed by atoms with Crippen molar-refractivity contribution in [2.24, 2.45) is 5.92 Å². The van der Waals surface area contributed by atoms with E-state index in [1.807, 2.05) is 30.3 Å². The lowest BCUT2D eigenvalue weighted by Gasteiger charge is -2.31. The molecule has 7 nitrogen and oxygen atoms in total. The molecule has 1 aliphatic carbocycles. The van der Waals surface area contributed by atoms with Crippen molar-refractivity contribution < 1.29 is 24.2 Å². The SMILES string of the molecule is O=C(c1ccccc1)c1ccccc1NC(Cc1ccc(OCCN(C(=O)C2CCC2)c2ccc(Cl)cc2)cc1)C(=O)O. The number of aliphatic carboxylic acids is 1. The molecule has 0 spiro atoms. The van der Waals surface area contributed by atoms with Crippen LogP contribution in [0.2, 0.25) is 5.02 Å². The number of anilines is 2. The third kappa shape index (κ3) is 7.62. The number of benzene rings is 4. The molecular weight excluding hydrogens is 564 g/mol. The predicted molar refractivity (Wildman–Crippen MR) is 168 cm³/mol. The van der Waals surface area contributed by atoms with Crippen molar-refractivity contribution in [3.05, 3.63) is 125 Å². The molecule has 1 unspecified atom stereocenters. The van der Waals surface area contributed by atoms with Crippen LogP contribution >= 0.6 is 11.6 Å². The van der Waals surface area contributed by atoms with Crippen molar-refractivity contribution in [2.45, 2.75) is 31.7 Å². The quantitative estimate of drug-likeness (QED) is 0.163. The van der Waals surface area contributed by atoms with E-state index in [9.17, 15) is 19.5 Å². The van der Waals surface area contributed by atoms with Crippen LogP contribution in [0.5, 0.6) is 5.75 Å². The second-order valence-corrected chi connectivity index (χ2v) is 11.0. The van der Waals surface area contributed by atoms with E-state index in [1.165, 1.54) is 0 Å². The van der Waals surface area contributed by atoms with Crippen LogP contribution in [0.1, 0.15) is 40.7 Å². The molecule has 1 saturated carbocycles. The number of nitrogens with one attached hydrogen (secondary N) is 1. The highest BCUT2D eigenvalue weighted by molar-refractivity contribution is 6.30. The Labute approximate surface area is 256 Å². The highest BCUT2D eigenvalue weighted by Gasteiger charge is 2.30. The van der Waals surface area contributed by atoms with Crippen LogP contribution in [0.25, 0.3) is 0 Å². The average Bonchev–Trinajstić information content (AvgIpc) is 3.00. The Bertz CT molecular complexity index is 1550. The first-order valence-corrected chi connectivity index (χ1v) is 14.7. The summed E-state index contributed by atoms with van der Waals surface area (Å²) in [6, 6.07) is 29.3. The van der Waals surface area contributed by atoms with E-state index >= 15 is 0 Å². The van der Waals surface area contributed by atoms with Gasteiger partial charge in [-0.2, -0.15) is 0 Å². The van der Waals surface area contributed by atoms with Crippen LogP contribution in [0.3, 0.4) is 0 Å². The van der Waals surface area contributed by atoms with Crippen molar-refractivity contribution in [1.82, 2.24) is 0 Å². The molecular formula is C35H33ClN2O5. The molecule has 0 aromatic heterocycles. The van der Waals surface area contributed by atoms with E-state index in [0.717, 1.165) is 30.5 Å². The fourth-order valence-electron chi connectivity index (χ4n) is 5.02. The Morgan fingerprint density at radius 2 is 1.56 bits per heavy atom. The van der Waals surface area contributed by atoms with Crippen LogP contribution in [0.15, 0.2) is 103 Å². The molecule has 4 aromatic carbocycles. The smallest absolute Gasteiger partial charge is 0.326 e. The van der Waals surface area contributed by atoms with Gasteiger partial charge in [0.2, 0.25) is 5.91 Å². The van der Waals surface area contributed by atoms with Crippen LogP contribution in [0, 0.1) is 5.92 Å². The standard InChI is InChI=1S/C35H33ClN2O5/c36-27-15-17-28(18-16-27)38(34(40)26-9-6-10-26)21-22-43-29-19-13-24(14-20-29)23-32(35(41)42)37-31-12-5-4-11-30(31)33(39)25-7-2-1-3-8-25/h1-5,7-8,11-20,26,32,37H,6,9-10,21-23H2,(H,41,42). The van der Waals surface area contributed by atoms with Gasteiger partial charge in [-0.25, -0.2) is 4.79 Å². The second kappa shape index (κ2) is 14.0. The summed E-state index contributed by atoms with van der Waals surface area (Å²) < 4.78 is 5.96. The third-order valence-corrected chi connectivity index (χ3v) is 7.89. The lowest BCUT2D eigenvalue weighted by atomic mass is 9.84. The molecule has 43 heavy (non-hydrogen) atoms. The molecule has 1 amide bonds. The lowest BCUT2D eigenvalue weighted by molar-refractivity contribution is -0.137. The van der Waals surface area contributed by atoms with E-state index in [-0.39, 0.29) is 24.0 Å². The summed E-state index contributed by atoms with van der Waals surface area (Å²) in [6.07, 6.45) is 3.09. The average molecular weight is 597 g/mol. The molecule has 1 aliphatic rings. The molecule has 4 aromatic rings. The molecule has 0 saturated heterocycles. The number of rotatable bonds is 13. The van der Waals surface area contributed by atoms with Gasteiger partial charge in [-0.15, -0.1) is 0 Å². The maximum absolute atomic E-state index is 13.1. The van der Waals surface area contributed by atoms with Crippen molar-refractivity contribution in [3.63, 3.8) is 0 Å². The molecule has 1 atom stereocenters. The topological polar surface area (TPSA) is 95.9 Å². The molecule has 1 fully saturated rings. The number of nitrogens with zero attached hydrogens (tertiary/aromatic N) is 1. The number of ketones is 1. The van der Waals surface area contributed by atoms with Gasteiger partial charge in [0.05, 0.1) is 6.54 Å². The first kappa shape index (κ1) is 29.9. The fourth-order valence-corrected chi connectivity index (χ4v) is 5.14. The number of hydrogen-bond acceptors (Lipinski definition) is 5. The molecule has 220 valence electrons. The molecule has 0 radical (unpaired) electrons. The Balaban J connectivity index is 1.21. The van der Waals surface area contributed by atoms with E-state index in [4.69, 9.17) is 16.3 Å². The number of ether oxygens (including phenoxy) is 1. The van der Waals surface area contributed by atoms with Gasteiger partial charge < -0.3 is 20.1 Å². The Morgan fingerprint density at radius 1 is 0.884 bits per heavy atom. The number of amides is 1. The minimum absolute atomic E-state index is 0.0502. The minimum Gasteiger partial charge on any atom is -0.492 e. The van der Waals surface area contributed by atoms with Crippen molar-refractivity contribution in [3.8, 4) is 5.75 Å². The number of halogens is 1. The summed E-state index contributed by atoms with van der Waals surface area (Å²) in [5, 5.41) is 13.6. The molecule has 0 bridgehead atoms. The van der Waals surface area contributed by atoms with Gasteiger partial charge in [-0.3, -0.25) is 9.59 Å². The van der Waals surface area contributed by atoms with Gasteiger partial charge in [0.25, 0.3) is 0 Å². The van der Waals surface area contributed by atoms with Crippen LogP contribution in [-0.4, -0.2) is 42.0 Å². The maximum Gasteiger partial charge on any atom is 0.326 e. The zero-order valence-electron chi connectivity index (χ0n) is 23.6. The first-order valence-electron chi connectivity index (χ1n) is 14.4. The number of para-hydroxylation sites is 1. The van der Waals surface area contributed by atoms with E-state index in [0.29, 0.717) is 40.7 Å². The predicted octanol–water partition coefficient (Wildman–Crippen LogP) is 6.89. The van der Waals surface area contributed by atoms with Crippen LogP contribution in [-0.2, 0) is 16.0 Å². The highest BCUT2D eigenvalue weighted by atomic mass is 35.5. The Morgan fingerprint density at radius 3 is 2.21 bits per heavy atom. The van der Waals surface area contributed by atoms with Gasteiger partial charge in [-0.1, -0.05) is 72.6 Å². The fraction of sp³-hybridized carbons (Fsp3) is 0.229.